The summed E-state index contributed by atoms with van der Waals surface area (Å²) in [6, 6.07) is 0. The molecule has 0 amide bonds. The van der Waals surface area contributed by atoms with Crippen LogP contribution in [0.3, 0.4) is 0 Å². The van der Waals surface area contributed by atoms with E-state index in [4.69, 9.17) is 0 Å². The van der Waals surface area contributed by atoms with Gasteiger partial charge >= 0.3 is 36.7 Å². The first-order chi connectivity index (χ1) is 2.50. The molecule has 2 heteroatoms. The molecule has 1 nitrogen and oxygen atoms in total. The van der Waals surface area contributed by atoms with Crippen molar-refractivity contribution < 1.29 is 0 Å². The van der Waals surface area contributed by atoms with Gasteiger partial charge in [-0.2, -0.15) is 0 Å². The number of hydrogen-bond donors (Lipinski definition) is 0. The molecule has 0 unspecified atom stereocenters. The van der Waals surface area contributed by atoms with Gasteiger partial charge in [0.25, 0.3) is 0 Å². The van der Waals surface area contributed by atoms with Crippen LogP contribution in [0.5, 0.6) is 0 Å². The molecular formula is C3H4AsN. The van der Waals surface area contributed by atoms with Crippen LogP contribution in [0.1, 0.15) is 0 Å². The molecule has 0 spiro atoms. The second kappa shape index (κ2) is 1.51. The quantitative estimate of drug-likeness (QED) is 0.392. The first kappa shape index (κ1) is 3.29. The predicted molar refractivity (Wildman–Crippen MR) is 25.2 cm³/mol. The average molecular weight is 129 g/mol. The summed E-state index contributed by atoms with van der Waals surface area (Å²) < 4.78 is 0. The Balaban J connectivity index is 2.61. The summed E-state index contributed by atoms with van der Waals surface area (Å²) in [4.78, 5) is 6.18. The summed E-state index contributed by atoms with van der Waals surface area (Å²) in [6.07, 6.45) is 0. The van der Waals surface area contributed by atoms with Crippen LogP contribution in [-0.4, -0.2) is 31.7 Å². The van der Waals surface area contributed by atoms with Crippen LogP contribution >= 0.6 is 0 Å². The predicted octanol–water partition coefficient (Wildman–Crippen LogP) is -0.465. The zero-order valence-corrected chi connectivity index (χ0v) is 4.63. The molecule has 1 aliphatic heterocycles. The minimum absolute atomic E-state index is 0.438. The van der Waals surface area contributed by atoms with Crippen LogP contribution in [0.25, 0.3) is 0 Å². The minimum atomic E-state index is 0.438. The zero-order chi connectivity index (χ0) is 3.54. The van der Waals surface area contributed by atoms with E-state index < -0.39 is 0 Å². The van der Waals surface area contributed by atoms with Gasteiger partial charge in [0, 0.05) is 0 Å². The van der Waals surface area contributed by atoms with Crippen molar-refractivity contribution in [2.75, 3.05) is 6.54 Å². The molecule has 0 radical (unpaired) electrons. The van der Waals surface area contributed by atoms with Crippen LogP contribution in [-0.2, 0) is 0 Å². The molecule has 0 aromatic heterocycles. The van der Waals surface area contributed by atoms with E-state index in [2.05, 4.69) is 9.80 Å². The Bertz CT molecular complexity index is 65.0. The van der Waals surface area contributed by atoms with Crippen molar-refractivity contribution in [2.24, 2.45) is 4.99 Å². The van der Waals surface area contributed by atoms with Crippen LogP contribution < -0.4 is 0 Å². The van der Waals surface area contributed by atoms with Crippen molar-refractivity contribution in [3.8, 4) is 0 Å². The molecule has 26 valence electrons. The first-order valence-corrected chi connectivity index (χ1v) is 3.67. The van der Waals surface area contributed by atoms with Gasteiger partial charge in [0.1, 0.15) is 0 Å². The molecule has 1 aliphatic rings. The number of hydrogen-bond acceptors (Lipinski definition) is 1. The average Bonchev–Trinajstić information content (AvgIpc) is 1.76. The molecule has 0 saturated heterocycles. The van der Waals surface area contributed by atoms with Gasteiger partial charge in [0.15, 0.2) is 0 Å². The Labute approximate surface area is 37.3 Å². The molecule has 1 rings (SSSR count). The molecule has 0 saturated carbocycles. The van der Waals surface area contributed by atoms with Crippen LogP contribution in [0, 0.1) is 0 Å². The molecule has 0 atom stereocenters. The van der Waals surface area contributed by atoms with Crippen LogP contribution in [0.2, 0.25) is 0 Å². The fourth-order valence-electron chi connectivity index (χ4n) is 0.236. The van der Waals surface area contributed by atoms with E-state index in [-0.39, 0.29) is 0 Å². The van der Waals surface area contributed by atoms with E-state index in [9.17, 15) is 0 Å². The van der Waals surface area contributed by atoms with Gasteiger partial charge in [0.05, 0.1) is 0 Å². The van der Waals surface area contributed by atoms with Crippen molar-refractivity contribution in [1.82, 2.24) is 0 Å². The molecule has 0 N–H and O–H groups in total. The molecular weight excluding hydrogens is 125 g/mol. The van der Waals surface area contributed by atoms with E-state index >= 15 is 0 Å². The van der Waals surface area contributed by atoms with E-state index in [1.165, 1.54) is 0 Å². The van der Waals surface area contributed by atoms with Crippen molar-refractivity contribution in [3.05, 3.63) is 0 Å². The van der Waals surface area contributed by atoms with Gasteiger partial charge in [-0.3, -0.25) is 0 Å². The third kappa shape index (κ3) is 0.694. The fourth-order valence-corrected chi connectivity index (χ4v) is 1.22. The summed E-state index contributed by atoms with van der Waals surface area (Å²) in [6.45, 7) is 0.986. The van der Waals surface area contributed by atoms with Crippen molar-refractivity contribution in [1.29, 1.82) is 0 Å². The summed E-state index contributed by atoms with van der Waals surface area (Å²) >= 11 is 0.438. The topological polar surface area (TPSA) is 12.4 Å². The van der Waals surface area contributed by atoms with E-state index in [0.29, 0.717) is 15.3 Å². The van der Waals surface area contributed by atoms with E-state index in [0.717, 1.165) is 6.54 Å². The van der Waals surface area contributed by atoms with E-state index in [1.54, 1.807) is 0 Å². The Hall–Kier alpha value is 0.0984. The summed E-state index contributed by atoms with van der Waals surface area (Å²) in [7, 11) is 0. The first-order valence-electron chi connectivity index (χ1n) is 1.50. The van der Waals surface area contributed by atoms with Crippen LogP contribution in [0.15, 0.2) is 4.99 Å². The fraction of sp³-hybridized carbons (Fsp3) is 0.333. The maximum atomic E-state index is 3.94. The molecule has 0 aromatic rings. The SMILES string of the molecule is C1=NCC=[As]1. The summed E-state index contributed by atoms with van der Waals surface area (Å²) in [5.41, 5.74) is 0. The number of nitrogens with zero attached hydrogens (tertiary/aromatic N) is 1. The maximum absolute atomic E-state index is 3.94. The Morgan fingerprint density at radius 1 is 1.80 bits per heavy atom. The van der Waals surface area contributed by atoms with Crippen molar-refractivity contribution >= 4 is 25.1 Å². The third-order valence-corrected chi connectivity index (χ3v) is 1.85. The normalized spacial score (nSPS) is 20.8. The van der Waals surface area contributed by atoms with Crippen molar-refractivity contribution in [2.45, 2.75) is 0 Å². The van der Waals surface area contributed by atoms with Gasteiger partial charge in [-0.05, 0) is 0 Å². The molecule has 5 heavy (non-hydrogen) atoms. The molecule has 1 heterocycles. The standard InChI is InChI=1S/C3H4AsN/c1-2-5-3-4-1/h1,3H,2H2. The van der Waals surface area contributed by atoms with Gasteiger partial charge in [-0.25, -0.2) is 0 Å². The second-order valence-corrected chi connectivity index (χ2v) is 2.69. The van der Waals surface area contributed by atoms with E-state index in [1.807, 2.05) is 5.00 Å². The molecule has 0 aliphatic carbocycles. The Morgan fingerprint density at radius 3 is 3.00 bits per heavy atom. The zero-order valence-electron chi connectivity index (χ0n) is 2.76. The monoisotopic (exact) mass is 129 g/mol. The van der Waals surface area contributed by atoms with Gasteiger partial charge in [0.2, 0.25) is 0 Å². The Morgan fingerprint density at radius 2 is 2.80 bits per heavy atom. The molecule has 0 fully saturated rings. The van der Waals surface area contributed by atoms with Gasteiger partial charge in [-0.15, -0.1) is 0 Å². The molecule has 0 bridgehead atoms. The van der Waals surface area contributed by atoms with Crippen LogP contribution in [0.4, 0.5) is 0 Å². The second-order valence-electron chi connectivity index (χ2n) is 0.812. The van der Waals surface area contributed by atoms with Crippen molar-refractivity contribution in [3.63, 3.8) is 0 Å². The van der Waals surface area contributed by atoms with Gasteiger partial charge < -0.3 is 0 Å². The Kier molecular flexibility index (Phi) is 0.997. The number of aliphatic imine (C=N–C) groups is 1. The number of rotatable bonds is 0. The molecule has 0 aromatic carbocycles. The third-order valence-electron chi connectivity index (χ3n) is 0.441. The summed E-state index contributed by atoms with van der Waals surface area (Å²) in [5.74, 6) is 0. The summed E-state index contributed by atoms with van der Waals surface area (Å²) in [5, 5.41) is 2.02. The van der Waals surface area contributed by atoms with Gasteiger partial charge in [-0.1, -0.05) is 0 Å².